The van der Waals surface area contributed by atoms with Crippen LogP contribution in [0, 0.1) is 0 Å². The molecule has 0 saturated heterocycles. The van der Waals surface area contributed by atoms with E-state index in [9.17, 15) is 0 Å². The molecule has 8 nitrogen and oxygen atoms in total. The van der Waals surface area contributed by atoms with Crippen molar-refractivity contribution in [2.75, 3.05) is 0 Å². The first-order valence-electron chi connectivity index (χ1n) is 22.9. The van der Waals surface area contributed by atoms with Gasteiger partial charge in [0.1, 0.15) is 5.52 Å². The molecule has 0 spiro atoms. The van der Waals surface area contributed by atoms with Gasteiger partial charge in [0.15, 0.2) is 5.65 Å². The van der Waals surface area contributed by atoms with Crippen LogP contribution in [0.15, 0.2) is 206 Å². The van der Waals surface area contributed by atoms with E-state index in [0.29, 0.717) is 11.6 Å². The van der Waals surface area contributed by atoms with Crippen molar-refractivity contribution in [3.8, 4) is 23.3 Å². The van der Waals surface area contributed by atoms with Crippen LogP contribution in [-0.4, -0.2) is 37.8 Å². The molecule has 1 aliphatic rings. The Labute approximate surface area is 382 Å². The Balaban J connectivity index is 1.05. The Morgan fingerprint density at radius 1 is 0.358 bits per heavy atom. The number of allylic oxidation sites excluding steroid dienone is 4. The van der Waals surface area contributed by atoms with Gasteiger partial charge in [0, 0.05) is 60.2 Å². The molecule has 6 heterocycles. The lowest BCUT2D eigenvalue weighted by atomic mass is 10.1. The van der Waals surface area contributed by atoms with Crippen LogP contribution in [0.25, 0.3) is 127 Å². The van der Waals surface area contributed by atoms with Gasteiger partial charge in [0.05, 0.1) is 50.3 Å². The Kier molecular flexibility index (Phi) is 7.46. The fourth-order valence-electron chi connectivity index (χ4n) is 11.3. The monoisotopic (exact) mass is 858 g/mol. The molecule has 0 bridgehead atoms. The number of nitrogens with zero attached hydrogens (tertiary/aromatic N) is 8. The second-order valence-corrected chi connectivity index (χ2v) is 17.5. The van der Waals surface area contributed by atoms with Gasteiger partial charge in [-0.1, -0.05) is 140 Å². The van der Waals surface area contributed by atoms with Gasteiger partial charge in [-0.15, -0.1) is 0 Å². The molecule has 1 aliphatic carbocycles. The molecule has 0 fully saturated rings. The molecular weight excluding hydrogens is 821 g/mol. The molecule has 0 amide bonds. The van der Waals surface area contributed by atoms with E-state index in [0.717, 1.165) is 84.9 Å². The number of aromatic nitrogens is 8. The van der Waals surface area contributed by atoms with E-state index in [4.69, 9.17) is 15.0 Å². The minimum absolute atomic E-state index is 0.558. The van der Waals surface area contributed by atoms with Gasteiger partial charge in [0.2, 0.25) is 11.9 Å². The molecule has 6 aromatic heterocycles. The summed E-state index contributed by atoms with van der Waals surface area (Å²) in [6.45, 7) is 0. The molecule has 314 valence electrons. The van der Waals surface area contributed by atoms with Crippen LogP contribution in [0.5, 0.6) is 0 Å². The second-order valence-electron chi connectivity index (χ2n) is 17.5. The topological polar surface area (TPSA) is 63.3 Å². The summed E-state index contributed by atoms with van der Waals surface area (Å²) in [5, 5.41) is 9.44. The average molecular weight is 859 g/mol. The maximum Gasteiger partial charge on any atom is 0.236 e. The van der Waals surface area contributed by atoms with Gasteiger partial charge in [-0.05, 0) is 73.5 Å². The molecule has 0 aliphatic heterocycles. The minimum Gasteiger partial charge on any atom is -0.309 e. The summed E-state index contributed by atoms with van der Waals surface area (Å²) in [5.41, 5.74) is 13.5. The van der Waals surface area contributed by atoms with Gasteiger partial charge in [-0.3, -0.25) is 13.7 Å². The van der Waals surface area contributed by atoms with Crippen LogP contribution in [0.1, 0.15) is 12.8 Å². The zero-order chi connectivity index (χ0) is 43.7. The smallest absolute Gasteiger partial charge is 0.236 e. The Hall–Kier alpha value is -9.01. The molecule has 0 saturated carbocycles. The van der Waals surface area contributed by atoms with Crippen LogP contribution in [-0.2, 0) is 0 Å². The van der Waals surface area contributed by atoms with Gasteiger partial charge in [-0.2, -0.15) is 9.97 Å². The summed E-state index contributed by atoms with van der Waals surface area (Å²) in [7, 11) is 0. The Bertz CT molecular complexity index is 4440. The number of imidazole rings is 1. The fraction of sp³-hybridized carbons (Fsp3) is 0.0339. The zero-order valence-corrected chi connectivity index (χ0v) is 36.1. The van der Waals surface area contributed by atoms with E-state index in [1.807, 2.05) is 6.20 Å². The summed E-state index contributed by atoms with van der Waals surface area (Å²) in [4.78, 5) is 16.4. The molecule has 0 N–H and O–H groups in total. The standard InChI is InChI=1S/C59H38N8/c1-4-18-37(19-5-1)63-47-28-14-10-24-40(47)43-34-35-51-53(54(43)63)46-27-13-17-31-50(46)66(51)59-62-57-52(65(59)39-22-8-3-9-23-39)36-60-58(61-57)67-49-30-16-12-26-42(49)45-33-32-44-41-25-11-15-29-48(41)64(55(44)56(45)67)38-20-6-2-7-21-38/h2-4,6-36H,1,5H2. The number of benzene rings is 8. The molecule has 0 unspecified atom stereocenters. The van der Waals surface area contributed by atoms with Crippen molar-refractivity contribution in [2.24, 2.45) is 0 Å². The average Bonchev–Trinajstić information content (AvgIpc) is 4.19. The molecule has 8 aromatic carbocycles. The molecule has 15 rings (SSSR count). The van der Waals surface area contributed by atoms with Crippen molar-refractivity contribution in [3.63, 3.8) is 0 Å². The van der Waals surface area contributed by atoms with Crippen LogP contribution >= 0.6 is 0 Å². The van der Waals surface area contributed by atoms with E-state index in [1.54, 1.807) is 0 Å². The van der Waals surface area contributed by atoms with Crippen molar-refractivity contribution < 1.29 is 0 Å². The number of hydrogen-bond donors (Lipinski definition) is 0. The summed E-state index contributed by atoms with van der Waals surface area (Å²) >= 11 is 0. The molecule has 0 atom stereocenters. The van der Waals surface area contributed by atoms with Gasteiger partial charge >= 0.3 is 0 Å². The summed E-state index contributed by atoms with van der Waals surface area (Å²) < 4.78 is 11.7. The fourth-order valence-corrected chi connectivity index (χ4v) is 11.3. The van der Waals surface area contributed by atoms with Crippen LogP contribution in [0.2, 0.25) is 0 Å². The number of fused-ring (bicyclic) bond motifs is 15. The van der Waals surface area contributed by atoms with Crippen molar-refractivity contribution in [2.45, 2.75) is 12.8 Å². The highest BCUT2D eigenvalue weighted by molar-refractivity contribution is 6.27. The van der Waals surface area contributed by atoms with E-state index in [1.165, 1.54) is 43.7 Å². The lowest BCUT2D eigenvalue weighted by Gasteiger charge is -2.13. The maximum atomic E-state index is 5.59. The zero-order valence-electron chi connectivity index (χ0n) is 36.1. The minimum atomic E-state index is 0.558. The number of hydrogen-bond acceptors (Lipinski definition) is 3. The highest BCUT2D eigenvalue weighted by atomic mass is 15.3. The predicted molar refractivity (Wildman–Crippen MR) is 275 cm³/mol. The number of rotatable bonds is 5. The van der Waals surface area contributed by atoms with E-state index < -0.39 is 0 Å². The predicted octanol–water partition coefficient (Wildman–Crippen LogP) is 14.4. The molecule has 0 radical (unpaired) electrons. The van der Waals surface area contributed by atoms with E-state index >= 15 is 0 Å². The summed E-state index contributed by atoms with van der Waals surface area (Å²) in [5.74, 6) is 1.30. The second kappa shape index (κ2) is 13.7. The van der Waals surface area contributed by atoms with Crippen LogP contribution < -0.4 is 0 Å². The lowest BCUT2D eigenvalue weighted by molar-refractivity contribution is 0.954. The SMILES string of the molecule is C1=CC(n2c3ccccc3c3ccc4c(c5ccccc5n4-c4nc5nc(-n6c7ccccc7c7ccc8c9ccccc9n(-c9ccccc9)c8c76)ncc5n4-c4ccccc4)c32)=CCC1. The third-order valence-corrected chi connectivity index (χ3v) is 14.0. The van der Waals surface area contributed by atoms with Gasteiger partial charge in [-0.25, -0.2) is 4.98 Å². The molecule has 14 aromatic rings. The van der Waals surface area contributed by atoms with Crippen LogP contribution in [0.3, 0.4) is 0 Å². The quantitative estimate of drug-likeness (QED) is 0.173. The Morgan fingerprint density at radius 3 is 1.52 bits per heavy atom. The number of para-hydroxylation sites is 6. The van der Waals surface area contributed by atoms with E-state index in [2.05, 4.69) is 223 Å². The summed E-state index contributed by atoms with van der Waals surface area (Å²) in [6.07, 6.45) is 11.0. The van der Waals surface area contributed by atoms with Crippen molar-refractivity contribution in [1.82, 2.24) is 37.8 Å². The third-order valence-electron chi connectivity index (χ3n) is 14.0. The van der Waals surface area contributed by atoms with Gasteiger partial charge in [0.25, 0.3) is 0 Å². The lowest BCUT2D eigenvalue weighted by Crippen LogP contribution is -2.06. The molecule has 8 heteroatoms. The van der Waals surface area contributed by atoms with Crippen molar-refractivity contribution in [1.29, 1.82) is 0 Å². The largest absolute Gasteiger partial charge is 0.309 e. The Morgan fingerprint density at radius 2 is 0.881 bits per heavy atom. The third kappa shape index (κ3) is 4.98. The summed E-state index contributed by atoms with van der Waals surface area (Å²) in [6, 6.07) is 65.1. The van der Waals surface area contributed by atoms with Crippen molar-refractivity contribution in [3.05, 3.63) is 206 Å². The van der Waals surface area contributed by atoms with E-state index in [-0.39, 0.29) is 0 Å². The molecule has 67 heavy (non-hydrogen) atoms. The first kappa shape index (κ1) is 36.3. The van der Waals surface area contributed by atoms with Crippen molar-refractivity contribution >= 4 is 104 Å². The maximum absolute atomic E-state index is 5.59. The highest BCUT2D eigenvalue weighted by Crippen LogP contribution is 2.44. The first-order chi connectivity index (χ1) is 33.3. The normalized spacial score (nSPS) is 13.3. The first-order valence-corrected chi connectivity index (χ1v) is 22.9. The highest BCUT2D eigenvalue weighted by Gasteiger charge is 2.27. The van der Waals surface area contributed by atoms with Crippen LogP contribution in [0.4, 0.5) is 0 Å². The van der Waals surface area contributed by atoms with Gasteiger partial charge < -0.3 is 9.13 Å². The molecular formula is C59H38N8.